The second-order valence-electron chi connectivity index (χ2n) is 4.71. The Bertz CT molecular complexity index is 607. The molecule has 1 saturated carbocycles. The van der Waals surface area contributed by atoms with Crippen molar-refractivity contribution in [1.29, 1.82) is 0 Å². The summed E-state index contributed by atoms with van der Waals surface area (Å²) in [6.45, 7) is 0.312. The van der Waals surface area contributed by atoms with E-state index in [-0.39, 0.29) is 17.8 Å². The van der Waals surface area contributed by atoms with E-state index in [2.05, 4.69) is 5.10 Å². The topological polar surface area (TPSA) is 44.1 Å². The van der Waals surface area contributed by atoms with E-state index >= 15 is 0 Å². The number of aromatic nitrogens is 2. The molecule has 1 aliphatic carbocycles. The van der Waals surface area contributed by atoms with E-state index in [4.69, 9.17) is 16.3 Å². The van der Waals surface area contributed by atoms with Gasteiger partial charge in [-0.3, -0.25) is 9.48 Å². The highest BCUT2D eigenvalue weighted by Crippen LogP contribution is 2.48. The number of carbonyl (C=O) groups is 1. The van der Waals surface area contributed by atoms with Crippen molar-refractivity contribution < 1.29 is 9.53 Å². The van der Waals surface area contributed by atoms with Crippen LogP contribution in [-0.2, 0) is 23.2 Å². The fourth-order valence-electron chi connectivity index (χ4n) is 2.13. The summed E-state index contributed by atoms with van der Waals surface area (Å²) in [5.74, 6) is 0.131. The van der Waals surface area contributed by atoms with Gasteiger partial charge in [0.25, 0.3) is 0 Å². The molecule has 2 aromatic rings. The quantitative estimate of drug-likeness (QED) is 0.815. The van der Waals surface area contributed by atoms with E-state index in [1.54, 1.807) is 4.68 Å². The number of esters is 1. The van der Waals surface area contributed by atoms with Crippen molar-refractivity contribution in [2.75, 3.05) is 0 Å². The van der Waals surface area contributed by atoms with E-state index in [1.165, 1.54) is 11.3 Å². The van der Waals surface area contributed by atoms with Gasteiger partial charge in [0.05, 0.1) is 16.5 Å². The van der Waals surface area contributed by atoms with Gasteiger partial charge in [0.2, 0.25) is 0 Å². The summed E-state index contributed by atoms with van der Waals surface area (Å²) >= 11 is 7.26. The Morgan fingerprint density at radius 2 is 2.47 bits per heavy atom. The summed E-state index contributed by atoms with van der Waals surface area (Å²) in [7, 11) is 1.87. The molecule has 0 amide bonds. The van der Waals surface area contributed by atoms with Gasteiger partial charge < -0.3 is 4.74 Å². The van der Waals surface area contributed by atoms with Gasteiger partial charge in [-0.2, -0.15) is 5.10 Å². The average molecular weight is 297 g/mol. The van der Waals surface area contributed by atoms with Crippen LogP contribution in [0.4, 0.5) is 0 Å². The lowest BCUT2D eigenvalue weighted by Crippen LogP contribution is -2.07. The van der Waals surface area contributed by atoms with Crippen molar-refractivity contribution in [2.45, 2.75) is 18.9 Å². The largest absolute Gasteiger partial charge is 0.460 e. The maximum absolute atomic E-state index is 11.9. The molecule has 0 spiro atoms. The highest BCUT2D eigenvalue weighted by molar-refractivity contribution is 7.16. The zero-order valence-electron chi connectivity index (χ0n) is 10.4. The summed E-state index contributed by atoms with van der Waals surface area (Å²) in [5.41, 5.74) is 1.11. The van der Waals surface area contributed by atoms with Gasteiger partial charge in [0, 0.05) is 24.0 Å². The van der Waals surface area contributed by atoms with Gasteiger partial charge in [-0.15, -0.1) is 11.3 Å². The molecule has 1 aliphatic rings. The Kier molecular flexibility index (Phi) is 3.33. The number of rotatable bonds is 4. The number of aryl methyl sites for hydroxylation is 1. The predicted octanol–water partition coefficient (Wildman–Crippen LogP) is 2.98. The van der Waals surface area contributed by atoms with E-state index in [0.717, 1.165) is 16.9 Å². The molecule has 19 heavy (non-hydrogen) atoms. The minimum Gasteiger partial charge on any atom is -0.460 e. The summed E-state index contributed by atoms with van der Waals surface area (Å²) in [4.78, 5) is 12.9. The molecule has 4 nitrogen and oxygen atoms in total. The maximum atomic E-state index is 11.9. The number of hydrogen-bond acceptors (Lipinski definition) is 4. The standard InChI is InChI=1S/C13H13ClN2O2S/c1-16-6-8(5-15-16)10-4-11(10)13(17)18-7-9-2-3-12(14)19-9/h2-3,5-6,10-11H,4,7H2,1H3/t10-,11+/m0/s1. The van der Waals surface area contributed by atoms with Crippen molar-refractivity contribution in [3.63, 3.8) is 0 Å². The van der Waals surface area contributed by atoms with Crippen LogP contribution < -0.4 is 0 Å². The zero-order valence-corrected chi connectivity index (χ0v) is 11.9. The van der Waals surface area contributed by atoms with Gasteiger partial charge in [0.15, 0.2) is 0 Å². The minimum absolute atomic E-state index is 0.0142. The summed E-state index contributed by atoms with van der Waals surface area (Å²) in [6, 6.07) is 3.69. The molecule has 0 aliphatic heterocycles. The Labute approximate surface area is 119 Å². The predicted molar refractivity (Wildman–Crippen MR) is 73.2 cm³/mol. The van der Waals surface area contributed by atoms with E-state index < -0.39 is 0 Å². The lowest BCUT2D eigenvalue weighted by Gasteiger charge is -2.01. The van der Waals surface area contributed by atoms with Crippen molar-refractivity contribution in [3.8, 4) is 0 Å². The first-order valence-corrected chi connectivity index (χ1v) is 7.22. The molecule has 0 radical (unpaired) electrons. The fraction of sp³-hybridized carbons (Fsp3) is 0.385. The van der Waals surface area contributed by atoms with Crippen LogP contribution in [0.15, 0.2) is 24.5 Å². The second-order valence-corrected chi connectivity index (χ2v) is 6.51. The SMILES string of the molecule is Cn1cc([C@@H]2C[C@H]2C(=O)OCc2ccc(Cl)s2)cn1. The van der Waals surface area contributed by atoms with E-state index in [9.17, 15) is 4.79 Å². The van der Waals surface area contributed by atoms with Gasteiger partial charge in [-0.25, -0.2) is 0 Å². The Balaban J connectivity index is 1.52. The Hall–Kier alpha value is -1.33. The molecule has 0 N–H and O–H groups in total. The van der Waals surface area contributed by atoms with Crippen LogP contribution in [-0.4, -0.2) is 15.7 Å². The number of ether oxygens (including phenoxy) is 1. The van der Waals surface area contributed by atoms with Crippen LogP contribution >= 0.6 is 22.9 Å². The normalized spacial score (nSPS) is 21.4. The molecule has 0 saturated heterocycles. The number of carbonyl (C=O) groups excluding carboxylic acids is 1. The number of hydrogen-bond donors (Lipinski definition) is 0. The molecule has 2 atom stereocenters. The van der Waals surface area contributed by atoms with Crippen LogP contribution in [0, 0.1) is 5.92 Å². The molecule has 0 bridgehead atoms. The lowest BCUT2D eigenvalue weighted by molar-refractivity contribution is -0.146. The third kappa shape index (κ3) is 2.82. The van der Waals surface area contributed by atoms with Gasteiger partial charge in [-0.1, -0.05) is 11.6 Å². The molecule has 2 heterocycles. The average Bonchev–Trinajstić information content (AvgIpc) is 2.90. The molecule has 1 fully saturated rings. The Morgan fingerprint density at radius 1 is 1.63 bits per heavy atom. The molecular formula is C13H13ClN2O2S. The second kappa shape index (κ2) is 4.98. The first kappa shape index (κ1) is 12.7. The molecule has 2 aromatic heterocycles. The van der Waals surface area contributed by atoms with Crippen molar-refractivity contribution in [3.05, 3.63) is 39.3 Å². The molecule has 3 rings (SSSR count). The van der Waals surface area contributed by atoms with Crippen LogP contribution in [0.2, 0.25) is 4.34 Å². The minimum atomic E-state index is -0.127. The smallest absolute Gasteiger partial charge is 0.309 e. The van der Waals surface area contributed by atoms with Crippen LogP contribution in [0.25, 0.3) is 0 Å². The first-order chi connectivity index (χ1) is 9.13. The maximum Gasteiger partial charge on any atom is 0.309 e. The molecule has 0 aromatic carbocycles. The fourth-order valence-corrected chi connectivity index (χ4v) is 3.13. The third-order valence-corrected chi connectivity index (χ3v) is 4.44. The summed E-state index contributed by atoms with van der Waals surface area (Å²) in [6.07, 6.45) is 4.63. The number of nitrogens with zero attached hydrogens (tertiary/aromatic N) is 2. The third-order valence-electron chi connectivity index (χ3n) is 3.23. The van der Waals surface area contributed by atoms with E-state index in [0.29, 0.717) is 10.9 Å². The number of halogens is 1. The Morgan fingerprint density at radius 3 is 3.11 bits per heavy atom. The van der Waals surface area contributed by atoms with Crippen LogP contribution in [0.1, 0.15) is 22.8 Å². The lowest BCUT2D eigenvalue weighted by atomic mass is 10.2. The van der Waals surface area contributed by atoms with Crippen molar-refractivity contribution in [1.82, 2.24) is 9.78 Å². The van der Waals surface area contributed by atoms with Crippen LogP contribution in [0.5, 0.6) is 0 Å². The number of thiophene rings is 1. The zero-order chi connectivity index (χ0) is 13.4. The molecule has 0 unspecified atom stereocenters. The molecular weight excluding hydrogens is 284 g/mol. The molecule has 6 heteroatoms. The summed E-state index contributed by atoms with van der Waals surface area (Å²) in [5, 5.41) is 4.12. The highest BCUT2D eigenvalue weighted by atomic mass is 35.5. The van der Waals surface area contributed by atoms with Gasteiger partial charge in [-0.05, 0) is 24.1 Å². The first-order valence-electron chi connectivity index (χ1n) is 6.03. The van der Waals surface area contributed by atoms with Gasteiger partial charge in [0.1, 0.15) is 6.61 Å². The highest BCUT2D eigenvalue weighted by Gasteiger charge is 2.45. The summed E-state index contributed by atoms with van der Waals surface area (Å²) < 4.78 is 7.78. The van der Waals surface area contributed by atoms with Gasteiger partial charge >= 0.3 is 5.97 Å². The van der Waals surface area contributed by atoms with Crippen molar-refractivity contribution in [2.24, 2.45) is 13.0 Å². The van der Waals surface area contributed by atoms with E-state index in [1.807, 2.05) is 31.6 Å². The molecule has 100 valence electrons. The monoisotopic (exact) mass is 296 g/mol. The van der Waals surface area contributed by atoms with Crippen LogP contribution in [0.3, 0.4) is 0 Å². The van der Waals surface area contributed by atoms with Crippen molar-refractivity contribution >= 4 is 28.9 Å².